The van der Waals surface area contributed by atoms with Crippen LogP contribution in [0.4, 0.5) is 11.4 Å². The van der Waals surface area contributed by atoms with Crippen molar-refractivity contribution in [1.82, 2.24) is 5.73 Å². The SMILES string of the molecule is CC(C)Cc1cc([N+](=O)[O-])cc(CC(C)C)c1[NH]. The average molecular weight is 249 g/mol. The second kappa shape index (κ2) is 5.85. The molecular formula is C14H21N2O2. The first-order valence-corrected chi connectivity index (χ1v) is 6.33. The number of nitro groups is 1. The van der Waals surface area contributed by atoms with Crippen LogP contribution in [0, 0.1) is 22.0 Å². The lowest BCUT2D eigenvalue weighted by molar-refractivity contribution is -0.385. The maximum atomic E-state index is 10.9. The molecule has 99 valence electrons. The van der Waals surface area contributed by atoms with Gasteiger partial charge in [0.1, 0.15) is 0 Å². The molecule has 1 aromatic rings. The molecule has 1 rings (SSSR count). The van der Waals surface area contributed by atoms with E-state index in [1.165, 1.54) is 0 Å². The number of rotatable bonds is 5. The summed E-state index contributed by atoms with van der Waals surface area (Å²) in [6.45, 7) is 8.22. The fourth-order valence-corrected chi connectivity index (χ4v) is 2.06. The third-order valence-corrected chi connectivity index (χ3v) is 2.75. The van der Waals surface area contributed by atoms with Crippen molar-refractivity contribution in [3.05, 3.63) is 33.4 Å². The van der Waals surface area contributed by atoms with Gasteiger partial charge in [-0.15, -0.1) is 0 Å². The van der Waals surface area contributed by atoms with Crippen LogP contribution in [0.3, 0.4) is 0 Å². The first-order chi connectivity index (χ1) is 8.31. The number of hydrogen-bond acceptors (Lipinski definition) is 2. The molecule has 0 fully saturated rings. The molecule has 0 saturated carbocycles. The lowest BCUT2D eigenvalue weighted by Gasteiger charge is -2.13. The van der Waals surface area contributed by atoms with Crippen molar-refractivity contribution < 1.29 is 4.92 Å². The Morgan fingerprint density at radius 1 is 1.11 bits per heavy atom. The molecule has 0 atom stereocenters. The van der Waals surface area contributed by atoms with Gasteiger partial charge >= 0.3 is 0 Å². The Morgan fingerprint density at radius 3 is 1.78 bits per heavy atom. The lowest BCUT2D eigenvalue weighted by atomic mass is 9.94. The summed E-state index contributed by atoms with van der Waals surface area (Å²) in [7, 11) is 0. The zero-order chi connectivity index (χ0) is 13.9. The fourth-order valence-electron chi connectivity index (χ4n) is 2.06. The number of benzene rings is 1. The predicted octanol–water partition coefficient (Wildman–Crippen LogP) is 3.91. The molecule has 0 unspecified atom stereocenters. The van der Waals surface area contributed by atoms with Gasteiger partial charge in [-0.3, -0.25) is 10.1 Å². The van der Waals surface area contributed by atoms with Crippen LogP contribution < -0.4 is 5.73 Å². The molecule has 0 saturated heterocycles. The van der Waals surface area contributed by atoms with Crippen molar-refractivity contribution >= 4 is 11.4 Å². The largest absolute Gasteiger partial charge is 0.300 e. The number of nitrogens with one attached hydrogen (secondary N) is 1. The van der Waals surface area contributed by atoms with Crippen LogP contribution in [0.1, 0.15) is 38.8 Å². The Balaban J connectivity index is 3.23. The maximum Gasteiger partial charge on any atom is 0.270 e. The first kappa shape index (κ1) is 14.5. The van der Waals surface area contributed by atoms with Crippen LogP contribution in [0.15, 0.2) is 12.1 Å². The van der Waals surface area contributed by atoms with E-state index in [0.717, 1.165) is 11.1 Å². The van der Waals surface area contributed by atoms with E-state index in [2.05, 4.69) is 27.7 Å². The average Bonchev–Trinajstić information content (AvgIpc) is 2.22. The van der Waals surface area contributed by atoms with Gasteiger partial charge in [0.15, 0.2) is 0 Å². The van der Waals surface area contributed by atoms with E-state index in [1.54, 1.807) is 12.1 Å². The molecule has 0 aliphatic rings. The number of nitrogens with zero attached hydrogens (tertiary/aromatic N) is 1. The van der Waals surface area contributed by atoms with Gasteiger partial charge < -0.3 is 5.73 Å². The second-order valence-corrected chi connectivity index (χ2v) is 5.59. The van der Waals surface area contributed by atoms with Gasteiger partial charge in [-0.2, -0.15) is 0 Å². The van der Waals surface area contributed by atoms with Crippen LogP contribution >= 0.6 is 0 Å². The van der Waals surface area contributed by atoms with Crippen LogP contribution in [-0.2, 0) is 12.8 Å². The van der Waals surface area contributed by atoms with E-state index in [4.69, 9.17) is 5.73 Å². The highest BCUT2D eigenvalue weighted by Crippen LogP contribution is 2.29. The van der Waals surface area contributed by atoms with Crippen molar-refractivity contribution in [3.8, 4) is 0 Å². The highest BCUT2D eigenvalue weighted by atomic mass is 16.6. The molecule has 0 bridgehead atoms. The molecule has 0 heterocycles. The lowest BCUT2D eigenvalue weighted by Crippen LogP contribution is -2.03. The standard InChI is InChI=1S/C14H21N2O2/c1-9(2)5-11-7-13(16(17)18)8-12(14(11)15)6-10(3)4/h7-10,15H,5-6H2,1-4H3. The molecule has 4 heteroatoms. The zero-order valence-corrected chi connectivity index (χ0v) is 11.5. The Bertz CT molecular complexity index is 408. The van der Waals surface area contributed by atoms with E-state index in [-0.39, 0.29) is 10.6 Å². The summed E-state index contributed by atoms with van der Waals surface area (Å²) >= 11 is 0. The Hall–Kier alpha value is -1.58. The van der Waals surface area contributed by atoms with Gasteiger partial charge in [-0.1, -0.05) is 27.7 Å². The van der Waals surface area contributed by atoms with E-state index in [0.29, 0.717) is 30.4 Å². The summed E-state index contributed by atoms with van der Waals surface area (Å²) < 4.78 is 0. The van der Waals surface area contributed by atoms with Crippen LogP contribution in [-0.4, -0.2) is 4.92 Å². The van der Waals surface area contributed by atoms with Crippen molar-refractivity contribution in [1.29, 1.82) is 0 Å². The molecule has 4 nitrogen and oxygen atoms in total. The molecule has 1 N–H and O–H groups in total. The third-order valence-electron chi connectivity index (χ3n) is 2.75. The summed E-state index contributed by atoms with van der Waals surface area (Å²) in [5.74, 6) is 0.783. The fraction of sp³-hybridized carbons (Fsp3) is 0.571. The highest BCUT2D eigenvalue weighted by Gasteiger charge is 2.16. The molecule has 1 radical (unpaired) electrons. The van der Waals surface area contributed by atoms with E-state index in [9.17, 15) is 10.1 Å². The maximum absolute atomic E-state index is 10.9. The van der Waals surface area contributed by atoms with Crippen molar-refractivity contribution in [3.63, 3.8) is 0 Å². The molecule has 0 aromatic heterocycles. The van der Waals surface area contributed by atoms with Gasteiger partial charge in [0.05, 0.1) is 10.6 Å². The molecule has 0 amide bonds. The van der Waals surface area contributed by atoms with Crippen LogP contribution in [0.2, 0.25) is 0 Å². The smallest absolute Gasteiger partial charge is 0.270 e. The predicted molar refractivity (Wildman–Crippen MR) is 72.9 cm³/mol. The Kier molecular flexibility index (Phi) is 4.70. The Morgan fingerprint density at radius 2 is 1.50 bits per heavy atom. The van der Waals surface area contributed by atoms with E-state index in [1.807, 2.05) is 0 Å². The van der Waals surface area contributed by atoms with Crippen molar-refractivity contribution in [2.45, 2.75) is 40.5 Å². The number of non-ortho nitro benzene ring substituents is 1. The second-order valence-electron chi connectivity index (χ2n) is 5.59. The number of hydrogen-bond donors (Lipinski definition) is 0. The van der Waals surface area contributed by atoms with Crippen molar-refractivity contribution in [2.75, 3.05) is 0 Å². The van der Waals surface area contributed by atoms with Gasteiger partial charge in [0.2, 0.25) is 0 Å². The van der Waals surface area contributed by atoms with Crippen molar-refractivity contribution in [2.24, 2.45) is 11.8 Å². The van der Waals surface area contributed by atoms with E-state index >= 15 is 0 Å². The highest BCUT2D eigenvalue weighted by molar-refractivity contribution is 5.57. The minimum Gasteiger partial charge on any atom is -0.300 e. The van der Waals surface area contributed by atoms with Crippen LogP contribution in [0.25, 0.3) is 0 Å². The summed E-state index contributed by atoms with van der Waals surface area (Å²) in [5.41, 5.74) is 10.3. The molecule has 18 heavy (non-hydrogen) atoms. The van der Waals surface area contributed by atoms with E-state index < -0.39 is 0 Å². The summed E-state index contributed by atoms with van der Waals surface area (Å²) in [6, 6.07) is 3.10. The molecule has 1 aromatic carbocycles. The summed E-state index contributed by atoms with van der Waals surface area (Å²) in [5, 5.41) is 10.9. The quantitative estimate of drug-likeness (QED) is 0.586. The third kappa shape index (κ3) is 3.72. The minimum atomic E-state index is -0.368. The van der Waals surface area contributed by atoms with Gasteiger partial charge in [-0.05, 0) is 35.8 Å². The summed E-state index contributed by atoms with van der Waals surface area (Å²) in [4.78, 5) is 10.6. The topological polar surface area (TPSA) is 66.9 Å². The van der Waals surface area contributed by atoms with Gasteiger partial charge in [-0.25, -0.2) is 0 Å². The molecular weight excluding hydrogens is 228 g/mol. The van der Waals surface area contributed by atoms with Gasteiger partial charge in [0.25, 0.3) is 5.69 Å². The molecule has 0 aliphatic carbocycles. The summed E-state index contributed by atoms with van der Waals surface area (Å²) in [6.07, 6.45) is 1.43. The molecule has 0 spiro atoms. The Labute approximate surface area is 108 Å². The first-order valence-electron chi connectivity index (χ1n) is 6.33. The van der Waals surface area contributed by atoms with Gasteiger partial charge in [0, 0.05) is 12.1 Å². The van der Waals surface area contributed by atoms with Crippen LogP contribution in [0.5, 0.6) is 0 Å². The molecule has 0 aliphatic heterocycles. The zero-order valence-electron chi connectivity index (χ0n) is 11.5. The normalized spacial score (nSPS) is 11.2. The monoisotopic (exact) mass is 249 g/mol. The minimum absolute atomic E-state index is 0.109. The number of nitro benzene ring substituents is 1.